The van der Waals surface area contributed by atoms with E-state index < -0.39 is 0 Å². The van der Waals surface area contributed by atoms with E-state index >= 15 is 0 Å². The second kappa shape index (κ2) is 5.82. The van der Waals surface area contributed by atoms with Crippen molar-refractivity contribution in [3.8, 4) is 0 Å². The molecule has 0 amide bonds. The molecule has 21 heavy (non-hydrogen) atoms. The molecule has 1 aliphatic rings. The van der Waals surface area contributed by atoms with E-state index in [1.54, 1.807) is 0 Å². The first-order chi connectivity index (χ1) is 10.1. The Morgan fingerprint density at radius 2 is 2.14 bits per heavy atom. The highest BCUT2D eigenvalue weighted by Gasteiger charge is 2.48. The van der Waals surface area contributed by atoms with E-state index in [-0.39, 0.29) is 5.41 Å². The van der Waals surface area contributed by atoms with Crippen molar-refractivity contribution in [2.75, 3.05) is 13.2 Å². The molecule has 0 spiro atoms. The highest BCUT2D eigenvalue weighted by molar-refractivity contribution is 5.83. The number of hydrogen-bond donors (Lipinski definition) is 2. The number of fused-ring (bicyclic) bond motifs is 1. The molecule has 2 unspecified atom stereocenters. The van der Waals surface area contributed by atoms with E-state index in [0.29, 0.717) is 12.1 Å². The largest absolute Gasteiger partial charge is 0.378 e. The second-order valence-electron chi connectivity index (χ2n) is 6.62. The number of nitrogens with one attached hydrogen (secondary N) is 2. The highest BCUT2D eigenvalue weighted by atomic mass is 16.5. The number of aromatic amines is 1. The summed E-state index contributed by atoms with van der Waals surface area (Å²) in [6, 6.07) is 9.08. The Labute approximate surface area is 127 Å². The van der Waals surface area contributed by atoms with E-state index in [4.69, 9.17) is 4.74 Å². The molecule has 3 heteroatoms. The average Bonchev–Trinajstić information content (AvgIpc) is 2.89. The third-order valence-corrected chi connectivity index (χ3v) is 5.01. The molecule has 1 aromatic heterocycles. The lowest BCUT2D eigenvalue weighted by atomic mass is 9.64. The Balaban J connectivity index is 1.53. The van der Waals surface area contributed by atoms with Crippen molar-refractivity contribution in [1.82, 2.24) is 10.3 Å². The summed E-state index contributed by atoms with van der Waals surface area (Å²) < 4.78 is 5.79. The number of hydrogen-bond acceptors (Lipinski definition) is 2. The van der Waals surface area contributed by atoms with Crippen LogP contribution in [0.2, 0.25) is 0 Å². The smallest absolute Gasteiger partial charge is 0.0655 e. The molecular weight excluding hydrogens is 260 g/mol. The van der Waals surface area contributed by atoms with Gasteiger partial charge in [-0.3, -0.25) is 0 Å². The van der Waals surface area contributed by atoms with E-state index in [2.05, 4.69) is 61.5 Å². The molecular formula is C18H26N2O. The topological polar surface area (TPSA) is 37.0 Å². The lowest BCUT2D eigenvalue weighted by Gasteiger charge is -2.52. The minimum Gasteiger partial charge on any atom is -0.378 e. The minimum absolute atomic E-state index is 0.246. The predicted octanol–water partition coefficient (Wildman–Crippen LogP) is 3.50. The summed E-state index contributed by atoms with van der Waals surface area (Å²) in [5, 5.41) is 5.05. The molecule has 3 nitrogen and oxygen atoms in total. The zero-order valence-electron chi connectivity index (χ0n) is 13.3. The van der Waals surface area contributed by atoms with E-state index in [0.717, 1.165) is 26.0 Å². The van der Waals surface area contributed by atoms with Crippen LogP contribution in [0.3, 0.4) is 0 Å². The molecule has 2 aromatic rings. The van der Waals surface area contributed by atoms with Crippen LogP contribution < -0.4 is 5.32 Å². The lowest BCUT2D eigenvalue weighted by molar-refractivity contribution is -0.113. The van der Waals surface area contributed by atoms with Crippen LogP contribution in [0.1, 0.15) is 32.8 Å². The highest BCUT2D eigenvalue weighted by Crippen LogP contribution is 2.42. The third-order valence-electron chi connectivity index (χ3n) is 5.01. The average molecular weight is 286 g/mol. The van der Waals surface area contributed by atoms with Gasteiger partial charge in [0.25, 0.3) is 0 Å². The summed E-state index contributed by atoms with van der Waals surface area (Å²) in [4.78, 5) is 3.35. The molecule has 1 saturated carbocycles. The monoisotopic (exact) mass is 286 g/mol. The molecule has 2 atom stereocenters. The Hall–Kier alpha value is -1.32. The van der Waals surface area contributed by atoms with Crippen molar-refractivity contribution in [2.24, 2.45) is 5.41 Å². The summed E-state index contributed by atoms with van der Waals surface area (Å²) in [6.45, 7) is 8.53. The first-order valence-electron chi connectivity index (χ1n) is 8.03. The number of H-pyrrole nitrogens is 1. The van der Waals surface area contributed by atoms with E-state index in [1.165, 1.54) is 16.5 Å². The summed E-state index contributed by atoms with van der Waals surface area (Å²) in [5.41, 5.74) is 2.88. The Morgan fingerprint density at radius 1 is 1.33 bits per heavy atom. The molecule has 0 aliphatic heterocycles. The van der Waals surface area contributed by atoms with Crippen molar-refractivity contribution in [3.05, 3.63) is 36.0 Å². The van der Waals surface area contributed by atoms with Gasteiger partial charge in [-0.15, -0.1) is 0 Å². The van der Waals surface area contributed by atoms with Gasteiger partial charge in [-0.1, -0.05) is 32.0 Å². The van der Waals surface area contributed by atoms with Crippen molar-refractivity contribution in [3.63, 3.8) is 0 Å². The van der Waals surface area contributed by atoms with Crippen LogP contribution in [-0.4, -0.2) is 30.3 Å². The van der Waals surface area contributed by atoms with Crippen LogP contribution >= 0.6 is 0 Å². The minimum atomic E-state index is 0.246. The molecule has 114 valence electrons. The van der Waals surface area contributed by atoms with Crippen LogP contribution in [-0.2, 0) is 11.2 Å². The van der Waals surface area contributed by atoms with Gasteiger partial charge in [0.1, 0.15) is 0 Å². The maximum atomic E-state index is 5.79. The van der Waals surface area contributed by atoms with Gasteiger partial charge in [-0.2, -0.15) is 0 Å². The van der Waals surface area contributed by atoms with Gasteiger partial charge in [0.2, 0.25) is 0 Å². The molecule has 0 bridgehead atoms. The molecule has 1 aromatic carbocycles. The maximum Gasteiger partial charge on any atom is 0.0655 e. The Morgan fingerprint density at radius 3 is 2.90 bits per heavy atom. The molecule has 1 aliphatic carbocycles. The zero-order valence-corrected chi connectivity index (χ0v) is 13.3. The van der Waals surface area contributed by atoms with Gasteiger partial charge >= 0.3 is 0 Å². The standard InChI is InChI=1S/C18H26N2O/c1-4-21-17-11-16(18(17,2)3)19-10-9-13-12-20-15-8-6-5-7-14(13)15/h5-8,12,16-17,19-20H,4,9-11H2,1-3H3. The predicted molar refractivity (Wildman–Crippen MR) is 87.6 cm³/mol. The first-order valence-corrected chi connectivity index (χ1v) is 8.03. The van der Waals surface area contributed by atoms with Gasteiger partial charge in [0.15, 0.2) is 0 Å². The number of aromatic nitrogens is 1. The number of benzene rings is 1. The summed E-state index contributed by atoms with van der Waals surface area (Å²) in [5.74, 6) is 0. The van der Waals surface area contributed by atoms with Crippen molar-refractivity contribution < 1.29 is 4.74 Å². The quantitative estimate of drug-likeness (QED) is 0.852. The zero-order chi connectivity index (χ0) is 14.9. The molecule has 2 N–H and O–H groups in total. The SMILES string of the molecule is CCOC1CC(NCCc2c[nH]c3ccccc23)C1(C)C. The normalized spacial score (nSPS) is 24.1. The third kappa shape index (κ3) is 2.72. The molecule has 0 saturated heterocycles. The maximum absolute atomic E-state index is 5.79. The summed E-state index contributed by atoms with van der Waals surface area (Å²) >= 11 is 0. The van der Waals surface area contributed by atoms with Crippen LogP contribution in [0, 0.1) is 5.41 Å². The Bertz CT molecular complexity index is 602. The molecule has 3 rings (SSSR count). The van der Waals surface area contributed by atoms with Gasteiger partial charge in [-0.25, -0.2) is 0 Å². The fourth-order valence-electron chi connectivity index (χ4n) is 3.44. The van der Waals surface area contributed by atoms with Gasteiger partial charge in [0.05, 0.1) is 6.10 Å². The first kappa shape index (κ1) is 14.6. The number of rotatable bonds is 6. The molecule has 1 fully saturated rings. The van der Waals surface area contributed by atoms with Crippen LogP contribution in [0.25, 0.3) is 10.9 Å². The van der Waals surface area contributed by atoms with E-state index in [1.807, 2.05) is 0 Å². The van der Waals surface area contributed by atoms with Crippen molar-refractivity contribution in [2.45, 2.75) is 45.8 Å². The van der Waals surface area contributed by atoms with Gasteiger partial charge in [-0.05, 0) is 37.9 Å². The lowest BCUT2D eigenvalue weighted by Crippen LogP contribution is -2.61. The van der Waals surface area contributed by atoms with Gasteiger partial charge in [0, 0.05) is 35.2 Å². The molecule has 1 heterocycles. The summed E-state index contributed by atoms with van der Waals surface area (Å²) in [6.07, 6.45) is 4.75. The fraction of sp³-hybridized carbons (Fsp3) is 0.556. The molecule has 0 radical (unpaired) electrons. The van der Waals surface area contributed by atoms with Crippen LogP contribution in [0.5, 0.6) is 0 Å². The summed E-state index contributed by atoms with van der Waals surface area (Å²) in [7, 11) is 0. The van der Waals surface area contributed by atoms with Crippen LogP contribution in [0.15, 0.2) is 30.5 Å². The number of para-hydroxylation sites is 1. The van der Waals surface area contributed by atoms with E-state index in [9.17, 15) is 0 Å². The van der Waals surface area contributed by atoms with Crippen LogP contribution in [0.4, 0.5) is 0 Å². The number of ether oxygens (including phenoxy) is 1. The van der Waals surface area contributed by atoms with Gasteiger partial charge < -0.3 is 15.0 Å². The van der Waals surface area contributed by atoms with Crippen molar-refractivity contribution >= 4 is 10.9 Å². The fourth-order valence-corrected chi connectivity index (χ4v) is 3.44. The second-order valence-corrected chi connectivity index (χ2v) is 6.62. The Kier molecular flexibility index (Phi) is 4.05. The van der Waals surface area contributed by atoms with Crippen molar-refractivity contribution in [1.29, 1.82) is 0 Å².